The summed E-state index contributed by atoms with van der Waals surface area (Å²) < 4.78 is 37.8. The highest BCUT2D eigenvalue weighted by Crippen LogP contribution is 2.33. The third-order valence-corrected chi connectivity index (χ3v) is 6.19. The molecular formula is C15H24N2O4S. The molecule has 0 spiro atoms. The first-order valence-corrected chi connectivity index (χ1v) is 8.83. The number of benzene rings is 1. The van der Waals surface area contributed by atoms with Crippen molar-refractivity contribution in [3.8, 4) is 11.5 Å². The number of nitrogens with two attached hydrogens (primary N) is 1. The van der Waals surface area contributed by atoms with Gasteiger partial charge in [-0.25, -0.2) is 8.42 Å². The molecule has 2 atom stereocenters. The van der Waals surface area contributed by atoms with E-state index in [2.05, 4.69) is 0 Å². The van der Waals surface area contributed by atoms with Crippen molar-refractivity contribution in [2.75, 3.05) is 27.3 Å². The molecule has 22 heavy (non-hydrogen) atoms. The van der Waals surface area contributed by atoms with Gasteiger partial charge in [-0.15, -0.1) is 0 Å². The summed E-state index contributed by atoms with van der Waals surface area (Å²) >= 11 is 0. The second-order valence-corrected chi connectivity index (χ2v) is 7.45. The van der Waals surface area contributed by atoms with Gasteiger partial charge in [-0.1, -0.05) is 6.92 Å². The topological polar surface area (TPSA) is 81.9 Å². The van der Waals surface area contributed by atoms with Crippen LogP contribution in [0.25, 0.3) is 0 Å². The number of nitrogens with zero attached hydrogens (tertiary/aromatic N) is 1. The second kappa shape index (κ2) is 6.85. The molecule has 0 unspecified atom stereocenters. The van der Waals surface area contributed by atoms with E-state index in [9.17, 15) is 8.42 Å². The number of rotatable bonds is 5. The smallest absolute Gasteiger partial charge is 0.243 e. The van der Waals surface area contributed by atoms with Gasteiger partial charge in [-0.05, 0) is 30.9 Å². The summed E-state index contributed by atoms with van der Waals surface area (Å²) in [6.45, 7) is 2.88. The fourth-order valence-corrected chi connectivity index (χ4v) is 4.76. The number of ether oxygens (including phenoxy) is 2. The predicted octanol–water partition coefficient (Wildman–Crippen LogP) is 1.45. The zero-order valence-electron chi connectivity index (χ0n) is 13.3. The van der Waals surface area contributed by atoms with E-state index in [1.807, 2.05) is 6.92 Å². The number of piperidine rings is 1. The lowest BCUT2D eigenvalue weighted by Gasteiger charge is -2.38. The zero-order valence-corrected chi connectivity index (χ0v) is 14.1. The van der Waals surface area contributed by atoms with Gasteiger partial charge in [0.15, 0.2) is 11.5 Å². The van der Waals surface area contributed by atoms with Crippen LogP contribution in [0.2, 0.25) is 0 Å². The Morgan fingerprint density at radius 1 is 1.27 bits per heavy atom. The van der Waals surface area contributed by atoms with E-state index in [4.69, 9.17) is 15.2 Å². The summed E-state index contributed by atoms with van der Waals surface area (Å²) in [4.78, 5) is 0.206. The van der Waals surface area contributed by atoms with Crippen LogP contribution in [0.15, 0.2) is 23.1 Å². The molecule has 1 aliphatic rings. The van der Waals surface area contributed by atoms with Crippen molar-refractivity contribution in [1.29, 1.82) is 0 Å². The van der Waals surface area contributed by atoms with Gasteiger partial charge in [0.25, 0.3) is 0 Å². The highest BCUT2D eigenvalue weighted by Gasteiger charge is 2.36. The third kappa shape index (κ3) is 3.06. The van der Waals surface area contributed by atoms with Gasteiger partial charge >= 0.3 is 0 Å². The first-order chi connectivity index (χ1) is 10.5. The average molecular weight is 328 g/mol. The zero-order chi connectivity index (χ0) is 16.3. The SMILES string of the molecule is COc1ccc(S(=O)(=O)N2CCC[C@H](C)[C@H]2CN)cc1OC. The maximum absolute atomic E-state index is 12.9. The summed E-state index contributed by atoms with van der Waals surface area (Å²) in [7, 11) is -0.593. The van der Waals surface area contributed by atoms with Crippen LogP contribution in [-0.2, 0) is 10.0 Å². The minimum Gasteiger partial charge on any atom is -0.493 e. The Morgan fingerprint density at radius 3 is 2.55 bits per heavy atom. The minimum absolute atomic E-state index is 0.160. The van der Waals surface area contributed by atoms with Gasteiger partial charge in [0.05, 0.1) is 19.1 Å². The molecule has 2 rings (SSSR count). The molecule has 124 valence electrons. The van der Waals surface area contributed by atoms with E-state index in [1.54, 1.807) is 12.1 Å². The molecule has 0 radical (unpaired) electrons. The molecule has 1 aromatic carbocycles. The summed E-state index contributed by atoms with van der Waals surface area (Å²) in [6, 6.07) is 4.49. The molecule has 2 N–H and O–H groups in total. The van der Waals surface area contributed by atoms with Crippen LogP contribution in [0.3, 0.4) is 0 Å². The highest BCUT2D eigenvalue weighted by atomic mass is 32.2. The van der Waals surface area contributed by atoms with Crippen LogP contribution in [0.5, 0.6) is 11.5 Å². The first kappa shape index (κ1) is 17.1. The van der Waals surface area contributed by atoms with Crippen molar-refractivity contribution < 1.29 is 17.9 Å². The van der Waals surface area contributed by atoms with Crippen molar-refractivity contribution in [2.45, 2.75) is 30.7 Å². The van der Waals surface area contributed by atoms with E-state index in [1.165, 1.54) is 24.6 Å². The average Bonchev–Trinajstić information content (AvgIpc) is 2.53. The molecule has 1 saturated heterocycles. The van der Waals surface area contributed by atoms with Gasteiger partial charge in [-0.2, -0.15) is 4.31 Å². The molecule has 1 heterocycles. The molecule has 0 saturated carbocycles. The molecule has 1 aromatic rings. The van der Waals surface area contributed by atoms with E-state index in [0.29, 0.717) is 24.6 Å². The maximum Gasteiger partial charge on any atom is 0.243 e. The van der Waals surface area contributed by atoms with Crippen molar-refractivity contribution in [3.05, 3.63) is 18.2 Å². The molecule has 6 nitrogen and oxygen atoms in total. The van der Waals surface area contributed by atoms with Crippen molar-refractivity contribution >= 4 is 10.0 Å². The summed E-state index contributed by atoms with van der Waals surface area (Å²) in [5, 5.41) is 0. The Hall–Kier alpha value is -1.31. The van der Waals surface area contributed by atoms with Gasteiger partial charge < -0.3 is 15.2 Å². The van der Waals surface area contributed by atoms with Crippen LogP contribution >= 0.6 is 0 Å². The minimum atomic E-state index is -3.60. The highest BCUT2D eigenvalue weighted by molar-refractivity contribution is 7.89. The summed E-state index contributed by atoms with van der Waals surface area (Å²) in [5.74, 6) is 1.16. The van der Waals surface area contributed by atoms with E-state index in [-0.39, 0.29) is 16.9 Å². The molecule has 7 heteroatoms. The van der Waals surface area contributed by atoms with E-state index >= 15 is 0 Å². The lowest BCUT2D eigenvalue weighted by molar-refractivity contribution is 0.192. The van der Waals surface area contributed by atoms with Crippen LogP contribution in [0, 0.1) is 5.92 Å². The van der Waals surface area contributed by atoms with E-state index in [0.717, 1.165) is 12.8 Å². The normalized spacial score (nSPS) is 23.3. The van der Waals surface area contributed by atoms with Gasteiger partial charge in [0, 0.05) is 25.2 Å². The second-order valence-electron chi connectivity index (χ2n) is 5.56. The lowest BCUT2D eigenvalue weighted by Crippen LogP contribution is -2.51. The lowest BCUT2D eigenvalue weighted by atomic mass is 9.93. The van der Waals surface area contributed by atoms with Crippen LogP contribution < -0.4 is 15.2 Å². The Kier molecular flexibility index (Phi) is 5.31. The van der Waals surface area contributed by atoms with Crippen molar-refractivity contribution in [2.24, 2.45) is 11.7 Å². The summed E-state index contributed by atoms with van der Waals surface area (Å²) in [5.41, 5.74) is 5.81. The number of sulfonamides is 1. The Bertz CT molecular complexity index is 618. The third-order valence-electron chi connectivity index (χ3n) is 4.27. The number of hydrogen-bond donors (Lipinski definition) is 1. The Morgan fingerprint density at radius 2 is 1.95 bits per heavy atom. The fourth-order valence-electron chi connectivity index (χ4n) is 2.97. The molecular weight excluding hydrogens is 304 g/mol. The fraction of sp³-hybridized carbons (Fsp3) is 0.600. The molecule has 0 aliphatic carbocycles. The molecule has 1 aliphatic heterocycles. The van der Waals surface area contributed by atoms with Crippen LogP contribution in [-0.4, -0.2) is 46.1 Å². The largest absolute Gasteiger partial charge is 0.493 e. The number of hydrogen-bond acceptors (Lipinski definition) is 5. The standard InChI is InChI=1S/C15H24N2O4S/c1-11-5-4-8-17(13(11)10-16)22(18,19)12-6-7-14(20-2)15(9-12)21-3/h6-7,9,11,13H,4-5,8,10,16H2,1-3H3/t11-,13+/m0/s1. The van der Waals surface area contributed by atoms with Gasteiger partial charge in [-0.3, -0.25) is 0 Å². The van der Waals surface area contributed by atoms with E-state index < -0.39 is 10.0 Å². The molecule has 1 fully saturated rings. The molecule has 0 bridgehead atoms. The van der Waals surface area contributed by atoms with Crippen LogP contribution in [0.1, 0.15) is 19.8 Å². The quantitative estimate of drug-likeness (QED) is 0.885. The van der Waals surface area contributed by atoms with Crippen LogP contribution in [0.4, 0.5) is 0 Å². The molecule has 0 aromatic heterocycles. The monoisotopic (exact) mass is 328 g/mol. The van der Waals surface area contributed by atoms with Gasteiger partial charge in [0.1, 0.15) is 0 Å². The maximum atomic E-state index is 12.9. The van der Waals surface area contributed by atoms with Gasteiger partial charge in [0.2, 0.25) is 10.0 Å². The first-order valence-electron chi connectivity index (χ1n) is 7.39. The Labute approximate surface area is 132 Å². The number of methoxy groups -OCH3 is 2. The predicted molar refractivity (Wildman–Crippen MR) is 84.7 cm³/mol. The van der Waals surface area contributed by atoms with Crippen molar-refractivity contribution in [1.82, 2.24) is 4.31 Å². The summed E-state index contributed by atoms with van der Waals surface area (Å²) in [6.07, 6.45) is 1.85. The Balaban J connectivity index is 2.41. The molecule has 0 amide bonds. The van der Waals surface area contributed by atoms with Crippen molar-refractivity contribution in [3.63, 3.8) is 0 Å².